The average molecular weight is 380 g/mol. The van der Waals surface area contributed by atoms with E-state index in [1.54, 1.807) is 25.3 Å². The standard InChI is InChI=1S/C18H15F3N2O2S/c1-25-12-8-5-11(6-9-12)7-10-15(24)22-17-23-16-13(18(19,20)21)3-2-4-14(16)26-17/h2-6,8-9H,7,10H2,1H3,(H,22,23,24). The number of benzene rings is 2. The van der Waals surface area contributed by atoms with Gasteiger partial charge in [-0.25, -0.2) is 4.98 Å². The molecule has 0 unspecified atom stereocenters. The molecular weight excluding hydrogens is 365 g/mol. The van der Waals surface area contributed by atoms with E-state index in [0.717, 1.165) is 28.7 Å². The summed E-state index contributed by atoms with van der Waals surface area (Å²) in [6, 6.07) is 11.2. The van der Waals surface area contributed by atoms with Crippen molar-refractivity contribution in [3.8, 4) is 5.75 Å². The number of nitrogens with one attached hydrogen (secondary N) is 1. The van der Waals surface area contributed by atoms with E-state index in [2.05, 4.69) is 10.3 Å². The van der Waals surface area contributed by atoms with Crippen LogP contribution in [0.2, 0.25) is 0 Å². The molecule has 8 heteroatoms. The molecule has 0 aliphatic carbocycles. The van der Waals surface area contributed by atoms with Crippen molar-refractivity contribution < 1.29 is 22.7 Å². The SMILES string of the molecule is COc1ccc(CCC(=O)Nc2nc3c(C(F)(F)F)cccc3s2)cc1. The molecule has 136 valence electrons. The van der Waals surface area contributed by atoms with Crippen molar-refractivity contribution in [2.24, 2.45) is 0 Å². The van der Waals surface area contributed by atoms with Gasteiger partial charge in [-0.05, 0) is 36.2 Å². The third kappa shape index (κ3) is 4.13. The third-order valence-corrected chi connectivity index (χ3v) is 4.71. The molecule has 0 spiro atoms. The summed E-state index contributed by atoms with van der Waals surface area (Å²) in [5.41, 5.74) is 0.0186. The van der Waals surface area contributed by atoms with Gasteiger partial charge in [-0.3, -0.25) is 4.79 Å². The number of fused-ring (bicyclic) bond motifs is 1. The Morgan fingerprint density at radius 2 is 1.92 bits per heavy atom. The highest BCUT2D eigenvalue weighted by atomic mass is 32.1. The number of alkyl halides is 3. The molecule has 3 aromatic rings. The molecule has 1 amide bonds. The molecule has 0 bridgehead atoms. The minimum Gasteiger partial charge on any atom is -0.497 e. The predicted octanol–water partition coefficient (Wildman–Crippen LogP) is 4.90. The summed E-state index contributed by atoms with van der Waals surface area (Å²) in [5.74, 6) is 0.432. The first-order valence-electron chi connectivity index (χ1n) is 7.76. The lowest BCUT2D eigenvalue weighted by molar-refractivity contribution is -0.136. The van der Waals surface area contributed by atoms with Gasteiger partial charge in [0.1, 0.15) is 5.75 Å². The quantitative estimate of drug-likeness (QED) is 0.685. The van der Waals surface area contributed by atoms with E-state index in [-0.39, 0.29) is 23.0 Å². The zero-order valence-corrected chi connectivity index (χ0v) is 14.6. The number of hydrogen-bond donors (Lipinski definition) is 1. The second-order valence-electron chi connectivity index (χ2n) is 5.57. The number of hydrogen-bond acceptors (Lipinski definition) is 4. The Labute approximate surface area is 151 Å². The fourth-order valence-corrected chi connectivity index (χ4v) is 3.37. The fourth-order valence-electron chi connectivity index (χ4n) is 2.46. The van der Waals surface area contributed by atoms with Gasteiger partial charge in [-0.2, -0.15) is 13.2 Å². The molecule has 2 aromatic carbocycles. The van der Waals surface area contributed by atoms with Gasteiger partial charge in [0.05, 0.1) is 22.9 Å². The highest BCUT2D eigenvalue weighted by Gasteiger charge is 2.33. The lowest BCUT2D eigenvalue weighted by atomic mass is 10.1. The Bertz CT molecular complexity index is 920. The van der Waals surface area contributed by atoms with Crippen molar-refractivity contribution in [1.29, 1.82) is 0 Å². The maximum atomic E-state index is 13.0. The minimum absolute atomic E-state index is 0.143. The maximum absolute atomic E-state index is 13.0. The van der Waals surface area contributed by atoms with Crippen LogP contribution in [-0.2, 0) is 17.4 Å². The number of halogens is 3. The van der Waals surface area contributed by atoms with E-state index in [0.29, 0.717) is 11.1 Å². The number of anilines is 1. The van der Waals surface area contributed by atoms with Gasteiger partial charge in [0, 0.05) is 6.42 Å². The minimum atomic E-state index is -4.48. The Balaban J connectivity index is 1.67. The van der Waals surface area contributed by atoms with Gasteiger partial charge in [0.15, 0.2) is 5.13 Å². The first-order chi connectivity index (χ1) is 12.4. The summed E-state index contributed by atoms with van der Waals surface area (Å²) in [5, 5.41) is 2.74. The molecular formula is C18H15F3N2O2S. The van der Waals surface area contributed by atoms with E-state index in [9.17, 15) is 18.0 Å². The van der Waals surface area contributed by atoms with E-state index < -0.39 is 11.7 Å². The average Bonchev–Trinajstić information content (AvgIpc) is 3.01. The number of carbonyl (C=O) groups excluding carboxylic acids is 1. The van der Waals surface area contributed by atoms with Crippen molar-refractivity contribution in [1.82, 2.24) is 4.98 Å². The molecule has 1 aromatic heterocycles. The van der Waals surface area contributed by atoms with Crippen LogP contribution in [-0.4, -0.2) is 18.0 Å². The topological polar surface area (TPSA) is 51.2 Å². The number of carbonyl (C=O) groups is 1. The van der Waals surface area contributed by atoms with Crippen LogP contribution in [0.3, 0.4) is 0 Å². The zero-order valence-electron chi connectivity index (χ0n) is 13.8. The largest absolute Gasteiger partial charge is 0.497 e. The second kappa shape index (κ2) is 7.33. The molecule has 0 aliphatic heterocycles. The summed E-state index contributed by atoms with van der Waals surface area (Å²) in [6.07, 6.45) is -3.77. The summed E-state index contributed by atoms with van der Waals surface area (Å²) < 4.78 is 44.5. The summed E-state index contributed by atoms with van der Waals surface area (Å²) >= 11 is 1.02. The van der Waals surface area contributed by atoms with Crippen molar-refractivity contribution >= 4 is 32.6 Å². The van der Waals surface area contributed by atoms with Crippen LogP contribution in [0.15, 0.2) is 42.5 Å². The Morgan fingerprint density at radius 1 is 1.19 bits per heavy atom. The number of ether oxygens (including phenoxy) is 1. The highest BCUT2D eigenvalue weighted by Crippen LogP contribution is 2.37. The van der Waals surface area contributed by atoms with Crippen LogP contribution in [0.5, 0.6) is 5.75 Å². The third-order valence-electron chi connectivity index (χ3n) is 3.77. The second-order valence-corrected chi connectivity index (χ2v) is 6.60. The number of rotatable bonds is 5. The molecule has 1 N–H and O–H groups in total. The molecule has 0 saturated carbocycles. The highest BCUT2D eigenvalue weighted by molar-refractivity contribution is 7.22. The number of para-hydroxylation sites is 1. The summed E-state index contributed by atoms with van der Waals surface area (Å²) in [6.45, 7) is 0. The lowest BCUT2D eigenvalue weighted by Gasteiger charge is -2.06. The first kappa shape index (κ1) is 18.2. The zero-order chi connectivity index (χ0) is 18.7. The van der Waals surface area contributed by atoms with Gasteiger partial charge >= 0.3 is 6.18 Å². The lowest BCUT2D eigenvalue weighted by Crippen LogP contribution is -2.12. The van der Waals surface area contributed by atoms with E-state index in [1.165, 1.54) is 6.07 Å². The van der Waals surface area contributed by atoms with Crippen molar-refractivity contribution in [3.63, 3.8) is 0 Å². The molecule has 0 aliphatic rings. The number of methoxy groups -OCH3 is 1. The maximum Gasteiger partial charge on any atom is 0.418 e. The molecule has 0 radical (unpaired) electrons. The molecule has 0 fully saturated rings. The van der Waals surface area contributed by atoms with Gasteiger partial charge in [-0.15, -0.1) is 0 Å². The Morgan fingerprint density at radius 3 is 2.58 bits per heavy atom. The Hall–Kier alpha value is -2.61. The van der Waals surface area contributed by atoms with Crippen molar-refractivity contribution in [2.75, 3.05) is 12.4 Å². The number of amides is 1. The molecule has 0 atom stereocenters. The first-order valence-corrected chi connectivity index (χ1v) is 8.58. The smallest absolute Gasteiger partial charge is 0.418 e. The van der Waals surface area contributed by atoms with Crippen LogP contribution in [0, 0.1) is 0 Å². The normalized spacial score (nSPS) is 11.5. The predicted molar refractivity (Wildman–Crippen MR) is 94.6 cm³/mol. The number of nitrogens with zero attached hydrogens (tertiary/aromatic N) is 1. The molecule has 3 rings (SSSR count). The summed E-state index contributed by atoms with van der Waals surface area (Å²) in [4.78, 5) is 16.0. The van der Waals surface area contributed by atoms with Crippen LogP contribution >= 0.6 is 11.3 Å². The van der Waals surface area contributed by atoms with Crippen LogP contribution in [0.4, 0.5) is 18.3 Å². The van der Waals surface area contributed by atoms with E-state index in [4.69, 9.17) is 4.74 Å². The fraction of sp³-hybridized carbons (Fsp3) is 0.222. The van der Waals surface area contributed by atoms with Crippen LogP contribution < -0.4 is 10.1 Å². The molecule has 4 nitrogen and oxygen atoms in total. The van der Waals surface area contributed by atoms with Gasteiger partial charge in [-0.1, -0.05) is 29.5 Å². The van der Waals surface area contributed by atoms with Gasteiger partial charge in [0.2, 0.25) is 5.91 Å². The molecule has 26 heavy (non-hydrogen) atoms. The number of aromatic nitrogens is 1. The van der Waals surface area contributed by atoms with E-state index >= 15 is 0 Å². The Kier molecular flexibility index (Phi) is 5.13. The number of aryl methyl sites for hydroxylation is 1. The van der Waals surface area contributed by atoms with Crippen molar-refractivity contribution in [3.05, 3.63) is 53.6 Å². The molecule has 0 saturated heterocycles. The van der Waals surface area contributed by atoms with Crippen LogP contribution in [0.1, 0.15) is 17.5 Å². The molecule has 1 heterocycles. The number of thiazole rings is 1. The monoisotopic (exact) mass is 380 g/mol. The van der Waals surface area contributed by atoms with Crippen molar-refractivity contribution in [2.45, 2.75) is 19.0 Å². The van der Waals surface area contributed by atoms with Gasteiger partial charge < -0.3 is 10.1 Å². The van der Waals surface area contributed by atoms with Gasteiger partial charge in [0.25, 0.3) is 0 Å². The summed E-state index contributed by atoms with van der Waals surface area (Å²) in [7, 11) is 1.57. The van der Waals surface area contributed by atoms with E-state index in [1.807, 2.05) is 12.1 Å². The van der Waals surface area contributed by atoms with Crippen LogP contribution in [0.25, 0.3) is 10.2 Å².